The highest BCUT2D eigenvalue weighted by molar-refractivity contribution is 6.30. The highest BCUT2D eigenvalue weighted by Gasteiger charge is 2.24. The Kier molecular flexibility index (Phi) is 3.88. The summed E-state index contributed by atoms with van der Waals surface area (Å²) in [6.45, 7) is 1.32. The molecule has 0 unspecified atom stereocenters. The molecule has 0 atom stereocenters. The zero-order valence-electron chi connectivity index (χ0n) is 9.73. The van der Waals surface area contributed by atoms with Crippen LogP contribution in [0, 0.1) is 0 Å². The van der Waals surface area contributed by atoms with Crippen molar-refractivity contribution in [2.24, 2.45) is 0 Å². The van der Waals surface area contributed by atoms with Crippen LogP contribution in [0.4, 0.5) is 0 Å². The molecule has 2 N–H and O–H groups in total. The fourth-order valence-corrected chi connectivity index (χ4v) is 2.08. The zero-order chi connectivity index (χ0) is 13.1. The molecule has 1 aromatic heterocycles. The van der Waals surface area contributed by atoms with Crippen LogP contribution in [0.15, 0.2) is 12.3 Å². The van der Waals surface area contributed by atoms with E-state index in [0.29, 0.717) is 36.9 Å². The number of aromatic nitrogens is 1. The van der Waals surface area contributed by atoms with Gasteiger partial charge in [0.15, 0.2) is 0 Å². The maximum Gasteiger partial charge on any atom is 0.270 e. The molecule has 0 aromatic carbocycles. The summed E-state index contributed by atoms with van der Waals surface area (Å²) in [5, 5.41) is 9.24. The lowest BCUT2D eigenvalue weighted by Gasteiger charge is -2.34. The lowest BCUT2D eigenvalue weighted by atomic mass is 10.2. The molecule has 6 nitrogen and oxygen atoms in total. The topological polar surface area (TPSA) is 76.6 Å². The van der Waals surface area contributed by atoms with Crippen LogP contribution in [-0.2, 0) is 4.79 Å². The normalized spacial score (nSPS) is 15.9. The van der Waals surface area contributed by atoms with Crippen molar-refractivity contribution < 1.29 is 14.7 Å². The highest BCUT2D eigenvalue weighted by Crippen LogP contribution is 2.13. The standard InChI is InChI=1S/C11H14ClN3O3/c12-8-5-9(13-6-8)11(18)15-3-1-14(2-4-15)10(17)7-16/h5-6,13,16H,1-4,7H2. The van der Waals surface area contributed by atoms with Gasteiger partial charge in [-0.15, -0.1) is 0 Å². The van der Waals surface area contributed by atoms with Gasteiger partial charge in [0.05, 0.1) is 5.02 Å². The Morgan fingerprint density at radius 2 is 1.89 bits per heavy atom. The third kappa shape index (κ3) is 2.65. The predicted octanol–water partition coefficient (Wildman–Crippen LogP) is -0.0552. The van der Waals surface area contributed by atoms with Crippen LogP contribution in [0.1, 0.15) is 10.5 Å². The zero-order valence-corrected chi connectivity index (χ0v) is 10.5. The quantitative estimate of drug-likeness (QED) is 0.791. The van der Waals surface area contributed by atoms with Gasteiger partial charge < -0.3 is 19.9 Å². The summed E-state index contributed by atoms with van der Waals surface area (Å²) in [4.78, 5) is 29.3. The molecule has 0 bridgehead atoms. The number of aliphatic hydroxyl groups is 1. The number of nitrogens with zero attached hydrogens (tertiary/aromatic N) is 2. The molecule has 2 amide bonds. The van der Waals surface area contributed by atoms with Crippen LogP contribution in [0.5, 0.6) is 0 Å². The van der Waals surface area contributed by atoms with Crippen LogP contribution in [0.3, 0.4) is 0 Å². The summed E-state index contributed by atoms with van der Waals surface area (Å²) in [7, 11) is 0. The van der Waals surface area contributed by atoms with Crippen molar-refractivity contribution in [2.45, 2.75) is 0 Å². The van der Waals surface area contributed by atoms with Crippen molar-refractivity contribution in [3.05, 3.63) is 23.0 Å². The minimum Gasteiger partial charge on any atom is -0.387 e. The highest BCUT2D eigenvalue weighted by atomic mass is 35.5. The Hall–Kier alpha value is -1.53. The number of hydrogen-bond acceptors (Lipinski definition) is 3. The monoisotopic (exact) mass is 271 g/mol. The first-order valence-electron chi connectivity index (χ1n) is 5.63. The molecule has 2 heterocycles. The summed E-state index contributed by atoms with van der Waals surface area (Å²) >= 11 is 5.74. The molecule has 1 fully saturated rings. The molecular weight excluding hydrogens is 258 g/mol. The molecule has 0 spiro atoms. The fraction of sp³-hybridized carbons (Fsp3) is 0.455. The van der Waals surface area contributed by atoms with Gasteiger partial charge in [0.2, 0.25) is 5.91 Å². The molecule has 1 aliphatic rings. The largest absolute Gasteiger partial charge is 0.387 e. The number of aromatic amines is 1. The lowest BCUT2D eigenvalue weighted by Crippen LogP contribution is -2.51. The van der Waals surface area contributed by atoms with E-state index < -0.39 is 6.61 Å². The maximum absolute atomic E-state index is 12.0. The van der Waals surface area contributed by atoms with Crippen molar-refractivity contribution in [1.82, 2.24) is 14.8 Å². The van der Waals surface area contributed by atoms with Crippen molar-refractivity contribution in [3.63, 3.8) is 0 Å². The Bertz CT molecular complexity index is 452. The second kappa shape index (κ2) is 5.41. The first kappa shape index (κ1) is 12.9. The van der Waals surface area contributed by atoms with Crippen LogP contribution in [0.25, 0.3) is 0 Å². The molecule has 7 heteroatoms. The number of amides is 2. The third-order valence-electron chi connectivity index (χ3n) is 2.93. The minimum absolute atomic E-state index is 0.127. The van der Waals surface area contributed by atoms with Gasteiger partial charge in [-0.1, -0.05) is 11.6 Å². The first-order chi connectivity index (χ1) is 8.61. The van der Waals surface area contributed by atoms with Crippen LogP contribution >= 0.6 is 11.6 Å². The van der Waals surface area contributed by atoms with Gasteiger partial charge in [0, 0.05) is 32.4 Å². The van der Waals surface area contributed by atoms with Crippen LogP contribution < -0.4 is 0 Å². The number of hydrogen-bond donors (Lipinski definition) is 2. The molecule has 0 radical (unpaired) electrons. The fourth-order valence-electron chi connectivity index (χ4n) is 1.92. The SMILES string of the molecule is O=C(CO)N1CCN(C(=O)c2cc(Cl)c[nH]2)CC1. The van der Waals surface area contributed by atoms with Gasteiger partial charge in [0.25, 0.3) is 5.91 Å². The van der Waals surface area contributed by atoms with Gasteiger partial charge in [-0.05, 0) is 6.07 Å². The number of H-pyrrole nitrogens is 1. The van der Waals surface area contributed by atoms with E-state index in [9.17, 15) is 9.59 Å². The number of piperazine rings is 1. The Morgan fingerprint density at radius 1 is 1.28 bits per heavy atom. The number of nitrogens with one attached hydrogen (secondary N) is 1. The van der Waals surface area contributed by atoms with Gasteiger partial charge in [-0.3, -0.25) is 9.59 Å². The number of halogens is 1. The lowest BCUT2D eigenvalue weighted by molar-refractivity contribution is -0.135. The van der Waals surface area contributed by atoms with Gasteiger partial charge in [0.1, 0.15) is 12.3 Å². The number of carbonyl (C=O) groups excluding carboxylic acids is 2. The molecule has 18 heavy (non-hydrogen) atoms. The Balaban J connectivity index is 1.94. The molecule has 2 rings (SSSR count). The van der Waals surface area contributed by atoms with E-state index in [0.717, 1.165) is 0 Å². The molecule has 1 saturated heterocycles. The molecule has 1 aromatic rings. The number of carbonyl (C=O) groups is 2. The molecule has 0 aliphatic carbocycles. The van der Waals surface area contributed by atoms with E-state index in [1.807, 2.05) is 0 Å². The molecule has 98 valence electrons. The van der Waals surface area contributed by atoms with E-state index in [4.69, 9.17) is 16.7 Å². The van der Waals surface area contributed by atoms with Gasteiger partial charge in [-0.2, -0.15) is 0 Å². The smallest absolute Gasteiger partial charge is 0.270 e. The number of rotatable bonds is 2. The van der Waals surface area contributed by atoms with E-state index in [-0.39, 0.29) is 11.8 Å². The van der Waals surface area contributed by atoms with Gasteiger partial charge in [-0.25, -0.2) is 0 Å². The van der Waals surface area contributed by atoms with Crippen molar-refractivity contribution in [2.75, 3.05) is 32.8 Å². The molecule has 0 saturated carbocycles. The predicted molar refractivity (Wildman–Crippen MR) is 65.4 cm³/mol. The Labute approximate surface area is 109 Å². The summed E-state index contributed by atoms with van der Waals surface area (Å²) in [5.41, 5.74) is 0.446. The third-order valence-corrected chi connectivity index (χ3v) is 3.15. The molecular formula is C11H14ClN3O3. The maximum atomic E-state index is 12.0. The van der Waals surface area contributed by atoms with E-state index in [1.165, 1.54) is 0 Å². The van der Waals surface area contributed by atoms with Crippen molar-refractivity contribution >= 4 is 23.4 Å². The second-order valence-corrected chi connectivity index (χ2v) is 4.50. The summed E-state index contributed by atoms with van der Waals surface area (Å²) in [5.74, 6) is -0.428. The van der Waals surface area contributed by atoms with E-state index in [1.54, 1.807) is 22.1 Å². The average molecular weight is 272 g/mol. The second-order valence-electron chi connectivity index (χ2n) is 4.06. The van der Waals surface area contributed by atoms with Gasteiger partial charge >= 0.3 is 0 Å². The summed E-state index contributed by atoms with van der Waals surface area (Å²) in [6, 6.07) is 1.58. The minimum atomic E-state index is -0.486. The Morgan fingerprint density at radius 3 is 2.39 bits per heavy atom. The van der Waals surface area contributed by atoms with Crippen molar-refractivity contribution in [3.8, 4) is 0 Å². The summed E-state index contributed by atoms with van der Waals surface area (Å²) in [6.07, 6.45) is 1.56. The van der Waals surface area contributed by atoms with Crippen LogP contribution in [0.2, 0.25) is 5.02 Å². The van der Waals surface area contributed by atoms with Crippen LogP contribution in [-0.4, -0.2) is 64.5 Å². The summed E-state index contributed by atoms with van der Waals surface area (Å²) < 4.78 is 0. The van der Waals surface area contributed by atoms with E-state index in [2.05, 4.69) is 4.98 Å². The first-order valence-corrected chi connectivity index (χ1v) is 6.01. The molecule has 1 aliphatic heterocycles. The van der Waals surface area contributed by atoms with E-state index >= 15 is 0 Å². The number of aliphatic hydroxyl groups excluding tert-OH is 1. The van der Waals surface area contributed by atoms with Crippen molar-refractivity contribution in [1.29, 1.82) is 0 Å². The average Bonchev–Trinajstić information content (AvgIpc) is 2.84.